The lowest BCUT2D eigenvalue weighted by Gasteiger charge is -2.31. The Morgan fingerprint density at radius 2 is 1.52 bits per heavy atom. The summed E-state index contributed by atoms with van der Waals surface area (Å²) in [6.07, 6.45) is 1.34. The normalized spacial score (nSPS) is 11.5. The molecule has 0 bridgehead atoms. The molecule has 0 unspecified atom stereocenters. The third-order valence-electron chi connectivity index (χ3n) is 5.54. The zero-order valence-corrected chi connectivity index (χ0v) is 19.4. The number of likely N-dealkylation sites (N-methyl/N-ethyl adjacent to an activating group) is 1. The van der Waals surface area contributed by atoms with E-state index in [0.717, 1.165) is 22.4 Å². The summed E-state index contributed by atoms with van der Waals surface area (Å²) in [6, 6.07) is 26.8. The van der Waals surface area contributed by atoms with E-state index in [1.165, 1.54) is 0 Å². The van der Waals surface area contributed by atoms with Gasteiger partial charge in [-0.05, 0) is 36.6 Å². The van der Waals surface area contributed by atoms with E-state index in [4.69, 9.17) is 4.74 Å². The molecule has 0 aliphatic heterocycles. The molecule has 0 aliphatic rings. The summed E-state index contributed by atoms with van der Waals surface area (Å²) in [5, 5.41) is 2.75. The lowest BCUT2D eigenvalue weighted by atomic mass is 10.0. The number of hydrogen-bond acceptors (Lipinski definition) is 3. The molecule has 2 amide bonds. The van der Waals surface area contributed by atoms with Crippen LogP contribution in [0.3, 0.4) is 0 Å². The number of carbonyl (C=O) groups is 2. The molecule has 3 rings (SSSR count). The number of ether oxygens (including phenoxy) is 1. The smallest absolute Gasteiger partial charge is 0.242 e. The number of rotatable bonds is 11. The number of para-hydroxylation sites is 1. The number of aryl methyl sites for hydroxylation is 1. The van der Waals surface area contributed by atoms with Gasteiger partial charge in [0.2, 0.25) is 11.8 Å². The van der Waals surface area contributed by atoms with Crippen molar-refractivity contribution in [1.82, 2.24) is 10.2 Å². The van der Waals surface area contributed by atoms with Gasteiger partial charge in [-0.1, -0.05) is 78.4 Å². The van der Waals surface area contributed by atoms with E-state index in [2.05, 4.69) is 5.32 Å². The van der Waals surface area contributed by atoms with Crippen LogP contribution >= 0.6 is 0 Å². The molecule has 33 heavy (non-hydrogen) atoms. The molecule has 0 saturated heterocycles. The highest BCUT2D eigenvalue weighted by atomic mass is 16.5. The number of amides is 2. The predicted molar refractivity (Wildman–Crippen MR) is 131 cm³/mol. The Morgan fingerprint density at radius 3 is 2.15 bits per heavy atom. The molecule has 0 fully saturated rings. The summed E-state index contributed by atoms with van der Waals surface area (Å²) < 4.78 is 5.74. The Bertz CT molecular complexity index is 1000. The molecule has 0 spiro atoms. The average Bonchev–Trinajstić information content (AvgIpc) is 2.86. The number of hydrogen-bond donors (Lipinski definition) is 1. The summed E-state index contributed by atoms with van der Waals surface area (Å²) >= 11 is 0. The van der Waals surface area contributed by atoms with E-state index in [-0.39, 0.29) is 11.8 Å². The van der Waals surface area contributed by atoms with E-state index < -0.39 is 6.04 Å². The van der Waals surface area contributed by atoms with Crippen molar-refractivity contribution in [3.05, 3.63) is 102 Å². The number of nitrogens with zero attached hydrogens (tertiary/aromatic N) is 1. The molecule has 0 aromatic heterocycles. The fraction of sp³-hybridized carbons (Fsp3) is 0.286. The van der Waals surface area contributed by atoms with Crippen molar-refractivity contribution in [2.45, 2.75) is 38.8 Å². The minimum atomic E-state index is -0.596. The molecule has 1 atom stereocenters. The molecule has 0 radical (unpaired) electrons. The second-order valence-electron chi connectivity index (χ2n) is 8.09. The van der Waals surface area contributed by atoms with Gasteiger partial charge in [0.1, 0.15) is 11.8 Å². The van der Waals surface area contributed by atoms with Gasteiger partial charge in [-0.3, -0.25) is 9.59 Å². The van der Waals surface area contributed by atoms with Crippen LogP contribution in [0.2, 0.25) is 0 Å². The molecule has 172 valence electrons. The van der Waals surface area contributed by atoms with Gasteiger partial charge in [0.15, 0.2) is 0 Å². The average molecular weight is 445 g/mol. The summed E-state index contributed by atoms with van der Waals surface area (Å²) in [4.78, 5) is 28.0. The first kappa shape index (κ1) is 24.1. The van der Waals surface area contributed by atoms with Gasteiger partial charge in [-0.2, -0.15) is 0 Å². The van der Waals surface area contributed by atoms with E-state index in [1.54, 1.807) is 11.9 Å². The maximum Gasteiger partial charge on any atom is 0.242 e. The molecule has 0 aliphatic carbocycles. The van der Waals surface area contributed by atoms with Crippen molar-refractivity contribution < 1.29 is 14.3 Å². The van der Waals surface area contributed by atoms with Crippen molar-refractivity contribution >= 4 is 11.8 Å². The number of benzene rings is 3. The summed E-state index contributed by atoms with van der Waals surface area (Å²) in [5.74, 6) is 0.561. The maximum absolute atomic E-state index is 13.4. The molecule has 0 heterocycles. The Hall–Kier alpha value is -3.60. The highest BCUT2D eigenvalue weighted by Crippen LogP contribution is 2.17. The third kappa shape index (κ3) is 7.49. The molecule has 3 aromatic carbocycles. The SMILES string of the molecule is CNC(=O)[C@H](Cc1ccccc1)N(Cc1ccc(C)cc1)C(=O)CCCOc1ccccc1. The van der Waals surface area contributed by atoms with Gasteiger partial charge < -0.3 is 15.0 Å². The molecule has 5 heteroatoms. The predicted octanol–water partition coefficient (Wildman–Crippen LogP) is 4.54. The zero-order valence-electron chi connectivity index (χ0n) is 19.4. The Morgan fingerprint density at radius 1 is 0.879 bits per heavy atom. The van der Waals surface area contributed by atoms with Crippen molar-refractivity contribution in [3.8, 4) is 5.75 Å². The van der Waals surface area contributed by atoms with Crippen molar-refractivity contribution in [3.63, 3.8) is 0 Å². The van der Waals surface area contributed by atoms with Crippen LogP contribution < -0.4 is 10.1 Å². The van der Waals surface area contributed by atoms with E-state index in [1.807, 2.05) is 91.9 Å². The van der Waals surface area contributed by atoms with E-state index in [0.29, 0.717) is 32.4 Å². The highest BCUT2D eigenvalue weighted by molar-refractivity contribution is 5.87. The first-order valence-corrected chi connectivity index (χ1v) is 11.3. The van der Waals surface area contributed by atoms with Gasteiger partial charge >= 0.3 is 0 Å². The quantitative estimate of drug-likeness (QED) is 0.442. The molecular weight excluding hydrogens is 412 g/mol. The lowest BCUT2D eigenvalue weighted by molar-refractivity contribution is -0.141. The monoisotopic (exact) mass is 444 g/mol. The largest absolute Gasteiger partial charge is 0.494 e. The zero-order chi connectivity index (χ0) is 23.5. The fourth-order valence-corrected chi connectivity index (χ4v) is 3.68. The van der Waals surface area contributed by atoms with Gasteiger partial charge in [-0.25, -0.2) is 0 Å². The van der Waals surface area contributed by atoms with Gasteiger partial charge in [-0.15, -0.1) is 0 Å². The van der Waals surface area contributed by atoms with Crippen molar-refractivity contribution in [2.24, 2.45) is 0 Å². The van der Waals surface area contributed by atoms with Gasteiger partial charge in [0.25, 0.3) is 0 Å². The first-order chi connectivity index (χ1) is 16.1. The number of nitrogens with one attached hydrogen (secondary N) is 1. The second-order valence-corrected chi connectivity index (χ2v) is 8.09. The van der Waals surface area contributed by atoms with Crippen LogP contribution in [0.4, 0.5) is 0 Å². The fourth-order valence-electron chi connectivity index (χ4n) is 3.68. The number of carbonyl (C=O) groups excluding carboxylic acids is 2. The molecule has 3 aromatic rings. The minimum Gasteiger partial charge on any atom is -0.494 e. The minimum absolute atomic E-state index is 0.0585. The van der Waals surface area contributed by atoms with Crippen LogP contribution in [0.1, 0.15) is 29.5 Å². The van der Waals surface area contributed by atoms with Crippen LogP contribution in [0.5, 0.6) is 5.75 Å². The Balaban J connectivity index is 1.74. The van der Waals surface area contributed by atoms with Crippen molar-refractivity contribution in [2.75, 3.05) is 13.7 Å². The van der Waals surface area contributed by atoms with Crippen LogP contribution in [0.25, 0.3) is 0 Å². The van der Waals surface area contributed by atoms with Crippen LogP contribution in [-0.4, -0.2) is 36.4 Å². The topological polar surface area (TPSA) is 58.6 Å². The molecular formula is C28H32N2O3. The Labute approximate surface area is 196 Å². The van der Waals surface area contributed by atoms with Crippen LogP contribution in [0.15, 0.2) is 84.9 Å². The summed E-state index contributed by atoms with van der Waals surface area (Å²) in [6.45, 7) is 2.85. The van der Waals surface area contributed by atoms with Crippen molar-refractivity contribution in [1.29, 1.82) is 0 Å². The standard InChI is InChI=1S/C28H32N2O3/c1-22-15-17-24(18-16-22)21-30(26(28(32)29-2)20-23-10-5-3-6-11-23)27(31)14-9-19-33-25-12-7-4-8-13-25/h3-8,10-13,15-18,26H,9,14,19-21H2,1-2H3,(H,29,32)/t26-/m0/s1. The lowest BCUT2D eigenvalue weighted by Crippen LogP contribution is -2.49. The van der Waals surface area contributed by atoms with Gasteiger partial charge in [0, 0.05) is 26.4 Å². The summed E-state index contributed by atoms with van der Waals surface area (Å²) in [7, 11) is 1.61. The first-order valence-electron chi connectivity index (χ1n) is 11.3. The maximum atomic E-state index is 13.4. The van der Waals surface area contributed by atoms with E-state index in [9.17, 15) is 9.59 Å². The second kappa shape index (κ2) is 12.4. The van der Waals surface area contributed by atoms with Crippen LogP contribution in [-0.2, 0) is 22.6 Å². The molecule has 1 N–H and O–H groups in total. The Kier molecular flexibility index (Phi) is 9.07. The molecule has 0 saturated carbocycles. The van der Waals surface area contributed by atoms with Gasteiger partial charge in [0.05, 0.1) is 6.61 Å². The van der Waals surface area contributed by atoms with Crippen LogP contribution in [0, 0.1) is 6.92 Å². The summed E-state index contributed by atoms with van der Waals surface area (Å²) in [5.41, 5.74) is 3.17. The third-order valence-corrected chi connectivity index (χ3v) is 5.54. The molecule has 5 nitrogen and oxygen atoms in total. The highest BCUT2D eigenvalue weighted by Gasteiger charge is 2.29. The van der Waals surface area contributed by atoms with E-state index >= 15 is 0 Å².